The second-order valence-corrected chi connectivity index (χ2v) is 9.90. The molecule has 0 saturated carbocycles. The first kappa shape index (κ1) is 23.6. The molecule has 1 amide bonds. The topological polar surface area (TPSA) is 102 Å². The lowest BCUT2D eigenvalue weighted by atomic mass is 10.2. The van der Waals surface area contributed by atoms with Gasteiger partial charge in [0.1, 0.15) is 10.7 Å². The number of hydrogen-bond donors (Lipinski definition) is 1. The van der Waals surface area contributed by atoms with Crippen LogP contribution in [0, 0.1) is 16.3 Å². The van der Waals surface area contributed by atoms with Gasteiger partial charge in [-0.3, -0.25) is 4.79 Å². The summed E-state index contributed by atoms with van der Waals surface area (Å²) in [6.07, 6.45) is 0. The lowest BCUT2D eigenvalue weighted by Crippen LogP contribution is -2.41. The van der Waals surface area contributed by atoms with Crippen molar-refractivity contribution in [1.29, 1.82) is 0 Å². The molecule has 11 heteroatoms. The van der Waals surface area contributed by atoms with E-state index in [9.17, 15) is 22.4 Å². The molecule has 1 fully saturated rings. The molecule has 0 bridgehead atoms. The van der Waals surface area contributed by atoms with E-state index in [1.54, 1.807) is 6.07 Å². The standard InChI is InChI=1S/C20H20FIN2O6S/c1-13-10-15(22)3-5-17(13)23-19(25)12-30-20(26)14-2-4-16(21)18(11-14)31(27,28)24-6-8-29-9-7-24/h2-5,10-11H,6-9,12H2,1H3,(H,23,25). The van der Waals surface area contributed by atoms with Crippen molar-refractivity contribution in [2.45, 2.75) is 11.8 Å². The molecule has 1 aliphatic rings. The van der Waals surface area contributed by atoms with E-state index in [4.69, 9.17) is 9.47 Å². The molecule has 3 rings (SSSR count). The number of rotatable bonds is 6. The number of carbonyl (C=O) groups excluding carboxylic acids is 2. The molecular weight excluding hydrogens is 542 g/mol. The lowest BCUT2D eigenvalue weighted by molar-refractivity contribution is -0.119. The fraction of sp³-hybridized carbons (Fsp3) is 0.300. The van der Waals surface area contributed by atoms with Crippen molar-refractivity contribution in [2.24, 2.45) is 0 Å². The Morgan fingerprint density at radius 2 is 1.90 bits per heavy atom. The van der Waals surface area contributed by atoms with Gasteiger partial charge in [-0.25, -0.2) is 17.6 Å². The van der Waals surface area contributed by atoms with Crippen molar-refractivity contribution >= 4 is 50.2 Å². The van der Waals surface area contributed by atoms with Crippen molar-refractivity contribution in [3.63, 3.8) is 0 Å². The molecule has 0 unspecified atom stereocenters. The number of anilines is 1. The summed E-state index contributed by atoms with van der Waals surface area (Å²) < 4.78 is 51.9. The Morgan fingerprint density at radius 1 is 1.19 bits per heavy atom. The molecular formula is C20H20FIN2O6S. The highest BCUT2D eigenvalue weighted by molar-refractivity contribution is 14.1. The molecule has 0 aromatic heterocycles. The SMILES string of the molecule is Cc1cc(I)ccc1NC(=O)COC(=O)c1ccc(F)c(S(=O)(=O)N2CCOCC2)c1. The second-order valence-electron chi connectivity index (χ2n) is 6.75. The summed E-state index contributed by atoms with van der Waals surface area (Å²) >= 11 is 2.15. The number of morpholine rings is 1. The number of aryl methyl sites for hydroxylation is 1. The van der Waals surface area contributed by atoms with Crippen LogP contribution in [-0.4, -0.2) is 57.5 Å². The van der Waals surface area contributed by atoms with E-state index in [1.807, 2.05) is 19.1 Å². The highest BCUT2D eigenvalue weighted by Gasteiger charge is 2.30. The van der Waals surface area contributed by atoms with E-state index in [2.05, 4.69) is 27.9 Å². The second kappa shape index (κ2) is 10.0. The molecule has 1 aliphatic heterocycles. The number of amides is 1. The number of halogens is 2. The van der Waals surface area contributed by atoms with E-state index in [1.165, 1.54) is 0 Å². The molecule has 1 N–H and O–H groups in total. The summed E-state index contributed by atoms with van der Waals surface area (Å²) in [6, 6.07) is 8.36. The molecule has 0 radical (unpaired) electrons. The monoisotopic (exact) mass is 562 g/mol. The number of nitrogens with zero attached hydrogens (tertiary/aromatic N) is 1. The minimum absolute atomic E-state index is 0.0918. The first-order chi connectivity index (χ1) is 14.7. The van der Waals surface area contributed by atoms with Crippen LogP contribution < -0.4 is 5.32 Å². The average molecular weight is 562 g/mol. The highest BCUT2D eigenvalue weighted by atomic mass is 127. The molecule has 1 saturated heterocycles. The summed E-state index contributed by atoms with van der Waals surface area (Å²) in [5.74, 6) is -2.47. The van der Waals surface area contributed by atoms with Gasteiger partial charge in [0.15, 0.2) is 6.61 Å². The maximum absolute atomic E-state index is 14.3. The number of carbonyl (C=O) groups is 2. The summed E-state index contributed by atoms with van der Waals surface area (Å²) in [7, 11) is -4.14. The first-order valence-corrected chi connectivity index (χ1v) is 11.8. The third-order valence-electron chi connectivity index (χ3n) is 4.55. The van der Waals surface area contributed by atoms with Gasteiger partial charge in [-0.1, -0.05) is 0 Å². The lowest BCUT2D eigenvalue weighted by Gasteiger charge is -2.26. The fourth-order valence-corrected chi connectivity index (χ4v) is 5.07. The van der Waals surface area contributed by atoms with Gasteiger partial charge >= 0.3 is 5.97 Å². The minimum atomic E-state index is -4.14. The predicted molar refractivity (Wildman–Crippen MR) is 119 cm³/mol. The van der Waals surface area contributed by atoms with Crippen LogP contribution in [0.3, 0.4) is 0 Å². The van der Waals surface area contributed by atoms with E-state index in [0.717, 1.165) is 31.6 Å². The predicted octanol–water partition coefficient (Wildman–Crippen LogP) is 2.56. The van der Waals surface area contributed by atoms with E-state index in [0.29, 0.717) is 5.69 Å². The van der Waals surface area contributed by atoms with Crippen LogP contribution in [0.25, 0.3) is 0 Å². The summed E-state index contributed by atoms with van der Waals surface area (Å²) in [5, 5.41) is 2.64. The quantitative estimate of drug-likeness (QED) is 0.429. The average Bonchev–Trinajstić information content (AvgIpc) is 2.75. The van der Waals surface area contributed by atoms with Gasteiger partial charge in [-0.15, -0.1) is 0 Å². The Morgan fingerprint density at radius 3 is 2.58 bits per heavy atom. The molecule has 0 spiro atoms. The molecule has 2 aromatic carbocycles. The van der Waals surface area contributed by atoms with Gasteiger partial charge in [0.05, 0.1) is 18.8 Å². The molecule has 0 aliphatic carbocycles. The molecule has 2 aromatic rings. The minimum Gasteiger partial charge on any atom is -0.452 e. The van der Waals surface area contributed by atoms with Crippen LogP contribution in [0.4, 0.5) is 10.1 Å². The van der Waals surface area contributed by atoms with Crippen molar-refractivity contribution in [3.05, 3.63) is 56.9 Å². The zero-order valence-corrected chi connectivity index (χ0v) is 19.5. The molecule has 166 valence electrons. The Kier molecular flexibility index (Phi) is 7.62. The van der Waals surface area contributed by atoms with Gasteiger partial charge in [0, 0.05) is 22.3 Å². The summed E-state index contributed by atoms with van der Waals surface area (Å²) in [5.41, 5.74) is 1.26. The molecule has 1 heterocycles. The van der Waals surface area contributed by atoms with Crippen molar-refractivity contribution in [2.75, 3.05) is 38.2 Å². The summed E-state index contributed by atoms with van der Waals surface area (Å²) in [4.78, 5) is 23.8. The number of hydrogen-bond acceptors (Lipinski definition) is 6. The van der Waals surface area contributed by atoms with Crippen LogP contribution in [0.2, 0.25) is 0 Å². The number of esters is 1. The third-order valence-corrected chi connectivity index (χ3v) is 7.14. The van der Waals surface area contributed by atoms with Crippen LogP contribution in [0.1, 0.15) is 15.9 Å². The Labute approximate surface area is 192 Å². The zero-order chi connectivity index (χ0) is 22.6. The van der Waals surface area contributed by atoms with E-state index < -0.39 is 39.2 Å². The van der Waals surface area contributed by atoms with Gasteiger partial charge in [-0.05, 0) is 71.5 Å². The zero-order valence-electron chi connectivity index (χ0n) is 16.6. The van der Waals surface area contributed by atoms with E-state index >= 15 is 0 Å². The largest absolute Gasteiger partial charge is 0.452 e. The molecule has 8 nitrogen and oxygen atoms in total. The van der Waals surface area contributed by atoms with E-state index in [-0.39, 0.29) is 31.9 Å². The van der Waals surface area contributed by atoms with Crippen LogP contribution in [0.5, 0.6) is 0 Å². The third kappa shape index (κ3) is 5.79. The number of ether oxygens (including phenoxy) is 2. The van der Waals surface area contributed by atoms with Gasteiger partial charge in [0.2, 0.25) is 10.0 Å². The maximum atomic E-state index is 14.3. The normalized spacial score (nSPS) is 14.8. The van der Waals surface area contributed by atoms with Gasteiger partial charge in [-0.2, -0.15) is 4.31 Å². The van der Waals surface area contributed by atoms with Crippen LogP contribution in [-0.2, 0) is 24.3 Å². The number of benzene rings is 2. The van der Waals surface area contributed by atoms with Gasteiger partial charge in [0.25, 0.3) is 5.91 Å². The Balaban J connectivity index is 1.68. The maximum Gasteiger partial charge on any atom is 0.338 e. The Hall–Kier alpha value is -2.09. The van der Waals surface area contributed by atoms with Crippen molar-refractivity contribution < 1.29 is 31.9 Å². The number of nitrogens with one attached hydrogen (secondary N) is 1. The molecule has 0 atom stereocenters. The van der Waals surface area contributed by atoms with Gasteiger partial charge < -0.3 is 14.8 Å². The summed E-state index contributed by atoms with van der Waals surface area (Å²) in [6.45, 7) is 1.85. The van der Waals surface area contributed by atoms with Crippen LogP contribution >= 0.6 is 22.6 Å². The van der Waals surface area contributed by atoms with Crippen LogP contribution in [0.15, 0.2) is 41.3 Å². The Bertz CT molecular complexity index is 1100. The smallest absolute Gasteiger partial charge is 0.338 e. The van der Waals surface area contributed by atoms with Crippen molar-refractivity contribution in [1.82, 2.24) is 4.31 Å². The fourth-order valence-electron chi connectivity index (χ4n) is 2.92. The number of sulfonamides is 1. The highest BCUT2D eigenvalue weighted by Crippen LogP contribution is 2.22. The van der Waals surface area contributed by atoms with Crippen molar-refractivity contribution in [3.8, 4) is 0 Å². The first-order valence-electron chi connectivity index (χ1n) is 9.29. The molecule has 31 heavy (non-hydrogen) atoms.